The number of methoxy groups -OCH3 is 1. The molecule has 1 aromatic heterocycles. The maximum Gasteiger partial charge on any atom is 0.327 e. The summed E-state index contributed by atoms with van der Waals surface area (Å²) in [6.07, 6.45) is 3.51. The summed E-state index contributed by atoms with van der Waals surface area (Å²) in [7, 11) is 1.46. The Bertz CT molecular complexity index is 1110. The van der Waals surface area contributed by atoms with Crippen molar-refractivity contribution < 1.29 is 13.9 Å². The summed E-state index contributed by atoms with van der Waals surface area (Å²) in [5, 5.41) is 21.5. The van der Waals surface area contributed by atoms with Crippen LogP contribution < -0.4 is 15.4 Å². The van der Waals surface area contributed by atoms with Gasteiger partial charge in [0.05, 0.1) is 26.4 Å². The van der Waals surface area contributed by atoms with Gasteiger partial charge in [-0.15, -0.1) is 0 Å². The fourth-order valence-corrected chi connectivity index (χ4v) is 3.81. The predicted octanol–water partition coefficient (Wildman–Crippen LogP) is 3.14. The number of anilines is 1. The Hall–Kier alpha value is -3.76. The molecule has 4 rings (SSSR count). The SMILES string of the molecule is COc1cc(F)cc(CN(C(=N)CN2CCNCC2)C(=O)Nc2ccc(-c3cn[nH]c3)cc2)c1. The molecule has 0 radical (unpaired) electrons. The van der Waals surface area contributed by atoms with Gasteiger partial charge in [-0.05, 0) is 35.4 Å². The van der Waals surface area contributed by atoms with Crippen LogP contribution in [-0.2, 0) is 6.54 Å². The highest BCUT2D eigenvalue weighted by molar-refractivity contribution is 6.02. The number of halogens is 1. The van der Waals surface area contributed by atoms with Gasteiger partial charge < -0.3 is 15.4 Å². The van der Waals surface area contributed by atoms with Crippen LogP contribution in [0.25, 0.3) is 11.1 Å². The lowest BCUT2D eigenvalue weighted by atomic mass is 10.1. The minimum absolute atomic E-state index is 0.0397. The number of amides is 2. The molecule has 178 valence electrons. The van der Waals surface area contributed by atoms with Crippen molar-refractivity contribution in [1.82, 2.24) is 25.3 Å². The molecule has 0 aliphatic carbocycles. The van der Waals surface area contributed by atoms with E-state index in [0.29, 0.717) is 23.5 Å². The number of aromatic nitrogens is 2. The second kappa shape index (κ2) is 10.9. The maximum absolute atomic E-state index is 14.1. The molecule has 1 aliphatic heterocycles. The summed E-state index contributed by atoms with van der Waals surface area (Å²) in [5.41, 5.74) is 3.03. The number of nitrogens with one attached hydrogen (secondary N) is 4. The first-order valence-corrected chi connectivity index (χ1v) is 11.0. The lowest BCUT2D eigenvalue weighted by molar-refractivity contribution is 0.226. The quantitative estimate of drug-likeness (QED) is 0.317. The van der Waals surface area contributed by atoms with Gasteiger partial charge in [-0.2, -0.15) is 5.10 Å². The van der Waals surface area contributed by atoms with Gasteiger partial charge in [-0.25, -0.2) is 9.18 Å². The molecule has 1 fully saturated rings. The first-order chi connectivity index (χ1) is 16.5. The number of rotatable bonds is 7. The highest BCUT2D eigenvalue weighted by atomic mass is 19.1. The maximum atomic E-state index is 14.1. The molecule has 0 saturated carbocycles. The molecule has 34 heavy (non-hydrogen) atoms. The molecule has 4 N–H and O–H groups in total. The van der Waals surface area contributed by atoms with Crippen LogP contribution in [0.5, 0.6) is 5.75 Å². The minimum atomic E-state index is -0.460. The number of carbonyl (C=O) groups excluding carboxylic acids is 1. The third kappa shape index (κ3) is 5.97. The Balaban J connectivity index is 1.51. The first-order valence-electron chi connectivity index (χ1n) is 11.0. The van der Waals surface area contributed by atoms with Crippen LogP contribution in [0.15, 0.2) is 54.9 Å². The number of piperazine rings is 1. The zero-order valence-electron chi connectivity index (χ0n) is 19.0. The van der Waals surface area contributed by atoms with E-state index in [9.17, 15) is 9.18 Å². The van der Waals surface area contributed by atoms with Crippen LogP contribution in [0.3, 0.4) is 0 Å². The molecule has 1 aliphatic rings. The fraction of sp³-hybridized carbons (Fsp3) is 0.292. The van der Waals surface area contributed by atoms with E-state index in [0.717, 1.165) is 37.3 Å². The summed E-state index contributed by atoms with van der Waals surface area (Å²) in [6, 6.07) is 11.2. The zero-order chi connectivity index (χ0) is 23.9. The van der Waals surface area contributed by atoms with E-state index in [2.05, 4.69) is 25.7 Å². The molecule has 0 atom stereocenters. The number of carbonyl (C=O) groups is 1. The molecule has 2 heterocycles. The van der Waals surface area contributed by atoms with Gasteiger partial charge in [0.15, 0.2) is 0 Å². The highest BCUT2D eigenvalue weighted by Gasteiger charge is 2.22. The number of urea groups is 1. The molecule has 0 spiro atoms. The number of amidine groups is 1. The van der Waals surface area contributed by atoms with Gasteiger partial charge in [0.1, 0.15) is 17.4 Å². The van der Waals surface area contributed by atoms with Crippen molar-refractivity contribution >= 4 is 17.6 Å². The number of H-pyrrole nitrogens is 1. The smallest absolute Gasteiger partial charge is 0.327 e. The summed E-state index contributed by atoms with van der Waals surface area (Å²) < 4.78 is 19.2. The molecule has 3 aromatic rings. The average molecular weight is 466 g/mol. The predicted molar refractivity (Wildman–Crippen MR) is 129 cm³/mol. The molecule has 2 amide bonds. The Morgan fingerprint density at radius 1 is 1.21 bits per heavy atom. The van der Waals surface area contributed by atoms with Gasteiger partial charge in [0.2, 0.25) is 0 Å². The van der Waals surface area contributed by atoms with E-state index in [1.54, 1.807) is 30.6 Å². The summed E-state index contributed by atoms with van der Waals surface area (Å²) in [6.45, 7) is 3.62. The fourth-order valence-electron chi connectivity index (χ4n) is 3.81. The van der Waals surface area contributed by atoms with E-state index < -0.39 is 11.8 Å². The third-order valence-electron chi connectivity index (χ3n) is 5.63. The summed E-state index contributed by atoms with van der Waals surface area (Å²) in [4.78, 5) is 16.7. The van der Waals surface area contributed by atoms with Crippen LogP contribution in [0.2, 0.25) is 0 Å². The molecule has 2 aromatic carbocycles. The van der Waals surface area contributed by atoms with Gasteiger partial charge in [0.25, 0.3) is 0 Å². The number of hydrogen-bond acceptors (Lipinski definition) is 6. The highest BCUT2D eigenvalue weighted by Crippen LogP contribution is 2.21. The third-order valence-corrected chi connectivity index (χ3v) is 5.63. The molecule has 9 nitrogen and oxygen atoms in total. The van der Waals surface area contributed by atoms with E-state index in [-0.39, 0.29) is 12.4 Å². The largest absolute Gasteiger partial charge is 0.497 e. The van der Waals surface area contributed by atoms with Crippen molar-refractivity contribution in [3.63, 3.8) is 0 Å². The van der Waals surface area contributed by atoms with Crippen molar-refractivity contribution in [3.8, 4) is 16.9 Å². The van der Waals surface area contributed by atoms with Crippen molar-refractivity contribution in [2.75, 3.05) is 45.2 Å². The molecule has 0 bridgehead atoms. The second-order valence-corrected chi connectivity index (χ2v) is 8.05. The monoisotopic (exact) mass is 465 g/mol. The van der Waals surface area contributed by atoms with Gasteiger partial charge in [0, 0.05) is 49.7 Å². The lowest BCUT2D eigenvalue weighted by Crippen LogP contribution is -2.49. The molecule has 10 heteroatoms. The standard InChI is InChI=1S/C24H28FN7O2/c1-34-22-11-17(10-20(25)12-22)15-32(23(26)16-31-8-6-27-7-9-31)24(33)30-21-4-2-18(3-5-21)19-13-28-29-14-19/h2-5,10-14,26-27H,6-9,15-16H2,1H3,(H,28,29)(H,30,33). The van der Waals surface area contributed by atoms with Crippen LogP contribution in [0.4, 0.5) is 14.9 Å². The average Bonchev–Trinajstić information content (AvgIpc) is 3.38. The van der Waals surface area contributed by atoms with Crippen LogP contribution in [0, 0.1) is 11.2 Å². The van der Waals surface area contributed by atoms with Gasteiger partial charge in [-0.3, -0.25) is 20.3 Å². The Morgan fingerprint density at radius 2 is 1.97 bits per heavy atom. The minimum Gasteiger partial charge on any atom is -0.497 e. The number of aromatic amines is 1. The molecular formula is C24H28FN7O2. The summed E-state index contributed by atoms with van der Waals surface area (Å²) in [5.74, 6) is 0.0367. The van der Waals surface area contributed by atoms with Crippen molar-refractivity contribution in [2.45, 2.75) is 6.54 Å². The van der Waals surface area contributed by atoms with Crippen LogP contribution in [-0.4, -0.2) is 71.7 Å². The Morgan fingerprint density at radius 3 is 2.65 bits per heavy atom. The van der Waals surface area contributed by atoms with Crippen LogP contribution in [0.1, 0.15) is 5.56 Å². The van der Waals surface area contributed by atoms with E-state index in [4.69, 9.17) is 10.1 Å². The number of benzene rings is 2. The van der Waals surface area contributed by atoms with Crippen LogP contribution >= 0.6 is 0 Å². The molecule has 1 saturated heterocycles. The molecule has 0 unspecified atom stereocenters. The lowest BCUT2D eigenvalue weighted by Gasteiger charge is -2.31. The van der Waals surface area contributed by atoms with E-state index >= 15 is 0 Å². The van der Waals surface area contributed by atoms with E-state index in [1.165, 1.54) is 24.1 Å². The van der Waals surface area contributed by atoms with Gasteiger partial charge in [-0.1, -0.05) is 12.1 Å². The zero-order valence-corrected chi connectivity index (χ0v) is 19.0. The second-order valence-electron chi connectivity index (χ2n) is 8.05. The number of ether oxygens (including phenoxy) is 1. The molecular weight excluding hydrogens is 437 g/mol. The Kier molecular flexibility index (Phi) is 7.51. The normalized spacial score (nSPS) is 13.9. The number of nitrogens with zero attached hydrogens (tertiary/aromatic N) is 3. The topological polar surface area (TPSA) is 109 Å². The van der Waals surface area contributed by atoms with Crippen molar-refractivity contribution in [3.05, 3.63) is 66.2 Å². The first kappa shape index (κ1) is 23.4. The number of hydrogen-bond donors (Lipinski definition) is 4. The van der Waals surface area contributed by atoms with Crippen molar-refractivity contribution in [1.29, 1.82) is 5.41 Å². The van der Waals surface area contributed by atoms with E-state index in [1.807, 2.05) is 12.1 Å². The Labute approximate surface area is 197 Å². The summed E-state index contributed by atoms with van der Waals surface area (Å²) >= 11 is 0. The van der Waals surface area contributed by atoms with Crippen molar-refractivity contribution in [2.24, 2.45) is 0 Å². The van der Waals surface area contributed by atoms with Gasteiger partial charge >= 0.3 is 6.03 Å².